The summed E-state index contributed by atoms with van der Waals surface area (Å²) in [5.41, 5.74) is 4.20. The lowest BCUT2D eigenvalue weighted by Crippen LogP contribution is -2.46. The fraction of sp³-hybridized carbons (Fsp3) is 0.500. The Kier molecular flexibility index (Phi) is 5.46. The summed E-state index contributed by atoms with van der Waals surface area (Å²) in [6.07, 6.45) is 7.90. The monoisotopic (exact) mass is 449 g/mol. The van der Waals surface area contributed by atoms with E-state index >= 15 is 0 Å². The zero-order chi connectivity index (χ0) is 22.3. The highest BCUT2D eigenvalue weighted by Gasteiger charge is 2.38. The third-order valence-corrected chi connectivity index (χ3v) is 7.53. The number of nitrogens with zero attached hydrogens (tertiary/aromatic N) is 2. The maximum absolute atomic E-state index is 14.9. The third kappa shape index (κ3) is 4.08. The fourth-order valence-corrected chi connectivity index (χ4v) is 5.64. The van der Waals surface area contributed by atoms with Gasteiger partial charge in [0.2, 0.25) is 0 Å². The molecule has 4 aliphatic heterocycles. The van der Waals surface area contributed by atoms with Crippen molar-refractivity contribution in [3.05, 3.63) is 53.2 Å². The summed E-state index contributed by atoms with van der Waals surface area (Å²) in [4.78, 5) is 10.9. The van der Waals surface area contributed by atoms with Gasteiger partial charge in [0.15, 0.2) is 0 Å². The molecule has 0 saturated carbocycles. The van der Waals surface area contributed by atoms with Crippen molar-refractivity contribution in [1.29, 1.82) is 0 Å². The number of H-pyrrole nitrogens is 1. The number of aromatic nitrogens is 1. The molecule has 2 aromatic rings. The number of anilines is 1. The summed E-state index contributed by atoms with van der Waals surface area (Å²) in [7, 11) is 0. The van der Waals surface area contributed by atoms with Crippen LogP contribution in [0.5, 0.6) is 0 Å². The topological polar surface area (TPSA) is 64.7 Å². The van der Waals surface area contributed by atoms with Gasteiger partial charge < -0.3 is 25.3 Å². The second kappa shape index (κ2) is 8.61. The van der Waals surface area contributed by atoms with Crippen LogP contribution >= 0.6 is 0 Å². The van der Waals surface area contributed by atoms with Crippen molar-refractivity contribution in [3.63, 3.8) is 0 Å². The lowest BCUT2D eigenvalue weighted by atomic mass is 9.94. The van der Waals surface area contributed by atoms with Crippen LogP contribution in [0, 0.1) is 0 Å². The van der Waals surface area contributed by atoms with Gasteiger partial charge in [-0.25, -0.2) is 4.39 Å². The maximum atomic E-state index is 14.9. The smallest absolute Gasteiger partial charge is 0.135 e. The van der Waals surface area contributed by atoms with Crippen LogP contribution in [0.15, 0.2) is 47.5 Å². The zero-order valence-electron chi connectivity index (χ0n) is 18.9. The molecular weight excluding hydrogens is 417 g/mol. The van der Waals surface area contributed by atoms with E-state index in [0.717, 1.165) is 48.7 Å². The van der Waals surface area contributed by atoms with Crippen molar-refractivity contribution in [2.45, 2.75) is 43.4 Å². The Morgan fingerprint density at radius 3 is 2.64 bits per heavy atom. The minimum absolute atomic E-state index is 0.357. The van der Waals surface area contributed by atoms with E-state index in [9.17, 15) is 4.39 Å². The van der Waals surface area contributed by atoms with Gasteiger partial charge in [0.05, 0.1) is 31.8 Å². The van der Waals surface area contributed by atoms with Gasteiger partial charge in [0, 0.05) is 28.8 Å². The number of nitrogens with one attached hydrogen (secondary N) is 3. The Labute approximate surface area is 193 Å². The SMILES string of the molecule is FC1(CNc2ccc(-c3cc4c([nH]3)=NCC=CC=4N3C4CCC3COC4)cc2)CCNCC1. The van der Waals surface area contributed by atoms with Gasteiger partial charge >= 0.3 is 0 Å². The Morgan fingerprint density at radius 2 is 1.88 bits per heavy atom. The summed E-state index contributed by atoms with van der Waals surface area (Å²) >= 11 is 0. The number of aromatic amines is 1. The minimum atomic E-state index is -1.12. The van der Waals surface area contributed by atoms with Gasteiger partial charge in [-0.2, -0.15) is 0 Å². The van der Waals surface area contributed by atoms with Crippen LogP contribution in [0.3, 0.4) is 0 Å². The lowest BCUT2D eigenvalue weighted by Gasteiger charge is -2.37. The molecule has 0 radical (unpaired) electrons. The molecule has 0 spiro atoms. The van der Waals surface area contributed by atoms with Crippen LogP contribution in [0.25, 0.3) is 17.0 Å². The highest BCUT2D eigenvalue weighted by molar-refractivity contribution is 5.66. The Bertz CT molecular complexity index is 1130. The molecule has 5 heterocycles. The van der Waals surface area contributed by atoms with Crippen LogP contribution in [0.1, 0.15) is 25.7 Å². The summed E-state index contributed by atoms with van der Waals surface area (Å²) < 4.78 is 20.7. The van der Waals surface area contributed by atoms with Gasteiger partial charge in [0.25, 0.3) is 0 Å². The first-order chi connectivity index (χ1) is 16.2. The first kappa shape index (κ1) is 20.9. The molecule has 0 amide bonds. The number of hydrogen-bond donors (Lipinski definition) is 3. The van der Waals surface area contributed by atoms with Crippen LogP contribution < -0.4 is 21.3 Å². The van der Waals surface area contributed by atoms with E-state index in [1.165, 1.54) is 23.8 Å². The normalized spacial score (nSPS) is 26.0. The molecule has 1 aromatic heterocycles. The number of benzene rings is 1. The van der Waals surface area contributed by atoms with E-state index < -0.39 is 5.67 Å². The number of rotatable bonds is 5. The quantitative estimate of drug-likeness (QED) is 0.656. The number of piperidine rings is 1. The molecule has 3 N–H and O–H groups in total. The lowest BCUT2D eigenvalue weighted by molar-refractivity contribution is 0.0154. The third-order valence-electron chi connectivity index (χ3n) is 7.53. The summed E-state index contributed by atoms with van der Waals surface area (Å²) in [6.45, 7) is 4.15. The van der Waals surface area contributed by atoms with E-state index in [-0.39, 0.29) is 0 Å². The molecule has 0 aliphatic carbocycles. The molecule has 6 rings (SSSR count). The molecule has 174 valence electrons. The Balaban J connectivity index is 1.26. The molecule has 3 fully saturated rings. The second-order valence-electron chi connectivity index (χ2n) is 9.74. The average Bonchev–Trinajstić information content (AvgIpc) is 3.29. The number of alkyl halides is 1. The molecule has 2 atom stereocenters. The number of halogens is 1. The predicted molar refractivity (Wildman–Crippen MR) is 128 cm³/mol. The van der Waals surface area contributed by atoms with E-state index in [0.29, 0.717) is 38.0 Å². The maximum Gasteiger partial charge on any atom is 0.135 e. The van der Waals surface area contributed by atoms with E-state index in [4.69, 9.17) is 9.73 Å². The van der Waals surface area contributed by atoms with Crippen LogP contribution in [-0.4, -0.2) is 67.0 Å². The largest absolute Gasteiger partial charge is 0.382 e. The first-order valence-corrected chi connectivity index (χ1v) is 12.2. The molecule has 3 saturated heterocycles. The highest BCUT2D eigenvalue weighted by atomic mass is 19.1. The van der Waals surface area contributed by atoms with E-state index in [2.05, 4.69) is 50.9 Å². The number of fused-ring (bicyclic) bond motifs is 3. The minimum Gasteiger partial charge on any atom is -0.382 e. The zero-order valence-corrected chi connectivity index (χ0v) is 18.9. The van der Waals surface area contributed by atoms with E-state index in [1.807, 2.05) is 12.1 Å². The Morgan fingerprint density at radius 1 is 1.12 bits per heavy atom. The summed E-state index contributed by atoms with van der Waals surface area (Å²) in [6, 6.07) is 11.4. The molecule has 33 heavy (non-hydrogen) atoms. The van der Waals surface area contributed by atoms with Gasteiger partial charge in [-0.3, -0.25) is 4.99 Å². The van der Waals surface area contributed by atoms with Gasteiger partial charge in [-0.05, 0) is 68.6 Å². The standard InChI is InChI=1S/C26H32FN5O/c27-26(9-12-28-13-10-26)17-30-19-5-3-18(4-6-19)23-14-22-24(2-1-11-29-25(22)31-23)32-20-7-8-21(32)16-33-15-20/h1-6,14,20-21,28,30H,7-13,15-17H2,(H,29,31). The molecule has 1 aromatic carbocycles. The van der Waals surface area contributed by atoms with Crippen molar-refractivity contribution >= 4 is 11.4 Å². The molecular formula is C26H32FN5O. The number of morpholine rings is 1. The fourth-order valence-electron chi connectivity index (χ4n) is 5.64. The van der Waals surface area contributed by atoms with Gasteiger partial charge in [0.1, 0.15) is 11.2 Å². The Hall–Kier alpha value is -2.64. The highest BCUT2D eigenvalue weighted by Crippen LogP contribution is 2.33. The molecule has 2 unspecified atom stereocenters. The van der Waals surface area contributed by atoms with Crippen LogP contribution in [-0.2, 0) is 4.74 Å². The van der Waals surface area contributed by atoms with Gasteiger partial charge in [-0.15, -0.1) is 0 Å². The van der Waals surface area contributed by atoms with Crippen LogP contribution in [0.2, 0.25) is 0 Å². The van der Waals surface area contributed by atoms with Crippen molar-refractivity contribution in [2.24, 2.45) is 4.99 Å². The van der Waals surface area contributed by atoms with Crippen molar-refractivity contribution in [2.75, 3.05) is 44.7 Å². The second-order valence-corrected chi connectivity index (χ2v) is 9.74. The van der Waals surface area contributed by atoms with Crippen LogP contribution in [0.4, 0.5) is 10.1 Å². The summed E-state index contributed by atoms with van der Waals surface area (Å²) in [5, 5.41) is 7.69. The van der Waals surface area contributed by atoms with E-state index in [1.54, 1.807) is 0 Å². The molecule has 6 nitrogen and oxygen atoms in total. The van der Waals surface area contributed by atoms with Gasteiger partial charge in [-0.1, -0.05) is 18.2 Å². The molecule has 4 aliphatic rings. The van der Waals surface area contributed by atoms with Crippen molar-refractivity contribution in [3.8, 4) is 11.3 Å². The molecule has 2 bridgehead atoms. The summed E-state index contributed by atoms with van der Waals surface area (Å²) in [5.74, 6) is 0. The predicted octanol–water partition coefficient (Wildman–Crippen LogP) is 2.35. The number of hydrogen-bond acceptors (Lipinski definition) is 5. The average molecular weight is 450 g/mol. The molecule has 7 heteroatoms. The first-order valence-electron chi connectivity index (χ1n) is 12.2. The van der Waals surface area contributed by atoms with Crippen molar-refractivity contribution < 1.29 is 9.13 Å². The van der Waals surface area contributed by atoms with Crippen molar-refractivity contribution in [1.82, 2.24) is 15.2 Å². The number of ether oxygens (including phenoxy) is 1.